The second-order valence-electron chi connectivity index (χ2n) is 3.74. The van der Waals surface area contributed by atoms with Crippen molar-refractivity contribution >= 4 is 11.9 Å². The molecule has 1 aromatic rings. The summed E-state index contributed by atoms with van der Waals surface area (Å²) in [5.74, 6) is 0.859. The summed E-state index contributed by atoms with van der Waals surface area (Å²) in [5.41, 5.74) is 2.26. The van der Waals surface area contributed by atoms with E-state index in [1.165, 1.54) is 0 Å². The third kappa shape index (κ3) is 3.89. The van der Waals surface area contributed by atoms with Crippen LogP contribution in [0, 0.1) is 0 Å². The van der Waals surface area contributed by atoms with Crippen LogP contribution in [0.4, 0.5) is 0 Å². The van der Waals surface area contributed by atoms with Crippen LogP contribution in [0.15, 0.2) is 30.8 Å². The minimum Gasteiger partial charge on any atom is -0.497 e. The molecule has 0 bridgehead atoms. The van der Waals surface area contributed by atoms with Gasteiger partial charge in [-0.1, -0.05) is 18.7 Å². The maximum Gasteiger partial charge on any atom is 0.119 e. The second kappa shape index (κ2) is 6.83. The van der Waals surface area contributed by atoms with E-state index in [0.717, 1.165) is 42.4 Å². The molecule has 0 aromatic heterocycles. The van der Waals surface area contributed by atoms with Crippen LogP contribution in [-0.4, -0.2) is 13.4 Å². The number of benzene rings is 1. The molecule has 0 N–H and O–H groups in total. The molecule has 0 aliphatic heterocycles. The maximum absolute atomic E-state index is 10.2. The second-order valence-corrected chi connectivity index (χ2v) is 3.74. The molecule has 16 heavy (non-hydrogen) atoms. The number of hydrogen-bond acceptors (Lipinski definition) is 2. The highest BCUT2D eigenvalue weighted by Crippen LogP contribution is 2.21. The molecule has 1 aromatic carbocycles. The number of hydrogen-bond donors (Lipinski definition) is 0. The third-order valence-corrected chi connectivity index (χ3v) is 2.55. The first-order chi connectivity index (χ1) is 7.77. The highest BCUT2D eigenvalue weighted by molar-refractivity contribution is 5.63. The number of ether oxygens (including phenoxy) is 1. The number of methoxy groups -OCH3 is 1. The third-order valence-electron chi connectivity index (χ3n) is 2.55. The Labute approximate surface area is 96.9 Å². The largest absolute Gasteiger partial charge is 0.497 e. The van der Waals surface area contributed by atoms with Gasteiger partial charge >= 0.3 is 0 Å². The van der Waals surface area contributed by atoms with Crippen molar-refractivity contribution in [3.63, 3.8) is 0 Å². The fraction of sp³-hybridized carbons (Fsp3) is 0.357. The molecule has 0 atom stereocenters. The lowest BCUT2D eigenvalue weighted by molar-refractivity contribution is -0.107. The van der Waals surface area contributed by atoms with Crippen LogP contribution in [0.5, 0.6) is 5.75 Å². The zero-order chi connectivity index (χ0) is 11.8. The Balaban J connectivity index is 2.43. The van der Waals surface area contributed by atoms with Crippen molar-refractivity contribution in [3.8, 4) is 5.75 Å². The molecule has 1 rings (SSSR count). The Morgan fingerprint density at radius 3 is 2.56 bits per heavy atom. The summed E-state index contributed by atoms with van der Waals surface area (Å²) in [4.78, 5) is 10.2. The summed E-state index contributed by atoms with van der Waals surface area (Å²) in [6.07, 6.45) is 4.52. The predicted molar refractivity (Wildman–Crippen MR) is 66.6 cm³/mol. The molecule has 0 saturated carbocycles. The quantitative estimate of drug-likeness (QED) is 0.517. The lowest BCUT2D eigenvalue weighted by atomic mass is 10.0. The lowest BCUT2D eigenvalue weighted by Crippen LogP contribution is -1.86. The van der Waals surface area contributed by atoms with Crippen molar-refractivity contribution in [3.05, 3.63) is 36.4 Å². The van der Waals surface area contributed by atoms with Crippen LogP contribution in [0.25, 0.3) is 5.57 Å². The van der Waals surface area contributed by atoms with Crippen LogP contribution in [0.2, 0.25) is 0 Å². The van der Waals surface area contributed by atoms with Crippen molar-refractivity contribution in [1.29, 1.82) is 0 Å². The summed E-state index contributed by atoms with van der Waals surface area (Å²) in [7, 11) is 1.66. The molecule has 0 saturated heterocycles. The average molecular weight is 218 g/mol. The Kier molecular flexibility index (Phi) is 5.34. The van der Waals surface area contributed by atoms with Crippen LogP contribution in [0.3, 0.4) is 0 Å². The van der Waals surface area contributed by atoms with Gasteiger partial charge in [0.2, 0.25) is 0 Å². The van der Waals surface area contributed by atoms with E-state index in [1.807, 2.05) is 24.3 Å². The molecule has 2 nitrogen and oxygen atoms in total. The molecule has 0 aliphatic rings. The van der Waals surface area contributed by atoms with Gasteiger partial charge in [0, 0.05) is 6.42 Å². The number of rotatable bonds is 7. The van der Waals surface area contributed by atoms with Crippen molar-refractivity contribution in [2.45, 2.75) is 25.7 Å². The van der Waals surface area contributed by atoms with E-state index >= 15 is 0 Å². The SMILES string of the molecule is C=C(CCCCC=O)c1ccc(OC)cc1. The lowest BCUT2D eigenvalue weighted by Gasteiger charge is -2.06. The number of carbonyl (C=O) groups is 1. The summed E-state index contributed by atoms with van der Waals surface area (Å²) >= 11 is 0. The van der Waals surface area contributed by atoms with Gasteiger partial charge in [-0.2, -0.15) is 0 Å². The molecule has 0 fully saturated rings. The highest BCUT2D eigenvalue weighted by atomic mass is 16.5. The van der Waals surface area contributed by atoms with Gasteiger partial charge in [0.05, 0.1) is 7.11 Å². The van der Waals surface area contributed by atoms with Crippen LogP contribution in [-0.2, 0) is 4.79 Å². The predicted octanol–water partition coefficient (Wildman–Crippen LogP) is 3.47. The highest BCUT2D eigenvalue weighted by Gasteiger charge is 1.99. The van der Waals surface area contributed by atoms with E-state index in [4.69, 9.17) is 4.74 Å². The molecule has 0 spiro atoms. The van der Waals surface area contributed by atoms with Crippen molar-refractivity contribution in [2.24, 2.45) is 0 Å². The van der Waals surface area contributed by atoms with Gasteiger partial charge < -0.3 is 9.53 Å². The Hall–Kier alpha value is -1.57. The summed E-state index contributed by atoms with van der Waals surface area (Å²) in [6.45, 7) is 4.05. The number of carbonyl (C=O) groups excluding carboxylic acids is 1. The van der Waals surface area contributed by atoms with Crippen LogP contribution < -0.4 is 4.74 Å². The standard InChI is InChI=1S/C14H18O2/c1-12(6-4-3-5-11-15)13-7-9-14(16-2)10-8-13/h7-11H,1,3-6H2,2H3. The van der Waals surface area contributed by atoms with Gasteiger partial charge in [0.15, 0.2) is 0 Å². The number of allylic oxidation sites excluding steroid dienone is 1. The van der Waals surface area contributed by atoms with Gasteiger partial charge in [-0.3, -0.25) is 0 Å². The Morgan fingerprint density at radius 2 is 2.00 bits per heavy atom. The maximum atomic E-state index is 10.2. The van der Waals surface area contributed by atoms with E-state index < -0.39 is 0 Å². The van der Waals surface area contributed by atoms with E-state index in [0.29, 0.717) is 6.42 Å². The summed E-state index contributed by atoms with van der Waals surface area (Å²) < 4.78 is 5.09. The average Bonchev–Trinajstić information content (AvgIpc) is 2.34. The van der Waals surface area contributed by atoms with E-state index in [9.17, 15) is 4.79 Å². The van der Waals surface area contributed by atoms with Gasteiger partial charge in [0.1, 0.15) is 12.0 Å². The zero-order valence-electron chi connectivity index (χ0n) is 9.74. The first kappa shape index (κ1) is 12.5. The van der Waals surface area contributed by atoms with Crippen molar-refractivity contribution < 1.29 is 9.53 Å². The Morgan fingerprint density at radius 1 is 1.31 bits per heavy atom. The molecule has 0 aliphatic carbocycles. The number of aldehydes is 1. The van der Waals surface area contributed by atoms with Gasteiger partial charge in [-0.15, -0.1) is 0 Å². The van der Waals surface area contributed by atoms with E-state index in [2.05, 4.69) is 6.58 Å². The first-order valence-electron chi connectivity index (χ1n) is 5.53. The molecule has 86 valence electrons. The molecule has 0 heterocycles. The van der Waals surface area contributed by atoms with E-state index in [1.54, 1.807) is 7.11 Å². The first-order valence-corrected chi connectivity index (χ1v) is 5.53. The van der Waals surface area contributed by atoms with Crippen molar-refractivity contribution in [2.75, 3.05) is 7.11 Å². The normalized spacial score (nSPS) is 9.81. The van der Waals surface area contributed by atoms with Crippen molar-refractivity contribution in [1.82, 2.24) is 0 Å². The molecule has 0 amide bonds. The summed E-state index contributed by atoms with van der Waals surface area (Å²) in [5, 5.41) is 0. The Bertz CT molecular complexity index is 338. The fourth-order valence-corrected chi connectivity index (χ4v) is 1.54. The van der Waals surface area contributed by atoms with Gasteiger partial charge in [-0.25, -0.2) is 0 Å². The van der Waals surface area contributed by atoms with E-state index in [-0.39, 0.29) is 0 Å². The van der Waals surface area contributed by atoms with Gasteiger partial charge in [-0.05, 0) is 42.5 Å². The fourth-order valence-electron chi connectivity index (χ4n) is 1.54. The molecule has 2 heteroatoms. The number of unbranched alkanes of at least 4 members (excludes halogenated alkanes) is 2. The minimum atomic E-state index is 0.649. The zero-order valence-corrected chi connectivity index (χ0v) is 9.74. The van der Waals surface area contributed by atoms with Gasteiger partial charge in [0.25, 0.3) is 0 Å². The molecular weight excluding hydrogens is 200 g/mol. The van der Waals surface area contributed by atoms with Crippen LogP contribution >= 0.6 is 0 Å². The monoisotopic (exact) mass is 218 g/mol. The summed E-state index contributed by atoms with van der Waals surface area (Å²) in [6, 6.07) is 7.90. The molecule has 0 radical (unpaired) electrons. The smallest absolute Gasteiger partial charge is 0.119 e. The van der Waals surface area contributed by atoms with Crippen LogP contribution in [0.1, 0.15) is 31.2 Å². The molecule has 0 unspecified atom stereocenters. The topological polar surface area (TPSA) is 26.3 Å². The minimum absolute atomic E-state index is 0.649. The molecular formula is C14H18O2.